The van der Waals surface area contributed by atoms with Crippen molar-refractivity contribution in [2.75, 3.05) is 6.54 Å². The molecule has 0 aromatic heterocycles. The summed E-state index contributed by atoms with van der Waals surface area (Å²) >= 11 is 0. The highest BCUT2D eigenvalue weighted by Gasteiger charge is 2.43. The summed E-state index contributed by atoms with van der Waals surface area (Å²) in [6.07, 6.45) is 3.48. The molecular formula is C14H18FNO. The molecule has 0 bridgehead atoms. The Hall–Kier alpha value is -1.38. The van der Waals surface area contributed by atoms with E-state index in [9.17, 15) is 9.18 Å². The molecule has 0 unspecified atom stereocenters. The zero-order valence-corrected chi connectivity index (χ0v) is 10.1. The predicted molar refractivity (Wildman–Crippen MR) is 65.2 cm³/mol. The molecule has 92 valence electrons. The zero-order chi connectivity index (χ0) is 12.3. The lowest BCUT2D eigenvalue weighted by Gasteiger charge is -2.28. The molecule has 0 spiro atoms. The van der Waals surface area contributed by atoms with Crippen molar-refractivity contribution in [2.24, 2.45) is 0 Å². The van der Waals surface area contributed by atoms with E-state index in [1.165, 1.54) is 6.07 Å². The number of hydrogen-bond acceptors (Lipinski definition) is 1. The Bertz CT molecular complexity index is 410. The molecule has 0 heterocycles. The molecule has 1 amide bonds. The van der Waals surface area contributed by atoms with Crippen LogP contribution in [0.3, 0.4) is 0 Å². The van der Waals surface area contributed by atoms with Crippen molar-refractivity contribution in [1.82, 2.24) is 5.32 Å². The lowest BCUT2D eigenvalue weighted by molar-refractivity contribution is -0.126. The SMILES string of the molecule is CCNC(=O)C1(c2ccccc2F)CCCC1. The van der Waals surface area contributed by atoms with E-state index in [1.54, 1.807) is 18.2 Å². The van der Waals surface area contributed by atoms with Crippen molar-refractivity contribution in [1.29, 1.82) is 0 Å². The maximum atomic E-state index is 13.9. The topological polar surface area (TPSA) is 29.1 Å². The van der Waals surface area contributed by atoms with Gasteiger partial charge in [-0.2, -0.15) is 0 Å². The third-order valence-electron chi connectivity index (χ3n) is 3.62. The molecule has 1 aliphatic rings. The predicted octanol–water partition coefficient (Wildman–Crippen LogP) is 2.77. The third kappa shape index (κ3) is 2.06. The van der Waals surface area contributed by atoms with Crippen LogP contribution < -0.4 is 5.32 Å². The van der Waals surface area contributed by atoms with Crippen LogP contribution in [0.15, 0.2) is 24.3 Å². The highest BCUT2D eigenvalue weighted by atomic mass is 19.1. The van der Waals surface area contributed by atoms with Gasteiger partial charge < -0.3 is 5.32 Å². The summed E-state index contributed by atoms with van der Waals surface area (Å²) in [7, 11) is 0. The van der Waals surface area contributed by atoms with E-state index in [-0.39, 0.29) is 11.7 Å². The van der Waals surface area contributed by atoms with E-state index < -0.39 is 5.41 Å². The average Bonchev–Trinajstić information content (AvgIpc) is 2.80. The summed E-state index contributed by atoms with van der Waals surface area (Å²) in [5.74, 6) is -0.289. The summed E-state index contributed by atoms with van der Waals surface area (Å²) < 4.78 is 13.9. The zero-order valence-electron chi connectivity index (χ0n) is 10.1. The first kappa shape index (κ1) is 12.1. The smallest absolute Gasteiger partial charge is 0.230 e. The van der Waals surface area contributed by atoms with Gasteiger partial charge in [-0.3, -0.25) is 4.79 Å². The molecule has 0 radical (unpaired) electrons. The molecule has 1 aromatic rings. The maximum absolute atomic E-state index is 13.9. The Kier molecular flexibility index (Phi) is 3.46. The van der Waals surface area contributed by atoms with Gasteiger partial charge in [0.25, 0.3) is 0 Å². The highest BCUT2D eigenvalue weighted by Crippen LogP contribution is 2.42. The fraction of sp³-hybridized carbons (Fsp3) is 0.500. The number of nitrogens with one attached hydrogen (secondary N) is 1. The highest BCUT2D eigenvalue weighted by molar-refractivity contribution is 5.88. The first-order valence-electron chi connectivity index (χ1n) is 6.24. The monoisotopic (exact) mass is 235 g/mol. The minimum Gasteiger partial charge on any atom is -0.356 e. The summed E-state index contributed by atoms with van der Waals surface area (Å²) in [4.78, 5) is 12.2. The lowest BCUT2D eigenvalue weighted by atomic mass is 9.77. The molecular weight excluding hydrogens is 217 g/mol. The Morgan fingerprint density at radius 2 is 2.00 bits per heavy atom. The summed E-state index contributed by atoms with van der Waals surface area (Å²) in [5, 5.41) is 2.85. The molecule has 0 atom stereocenters. The average molecular weight is 235 g/mol. The van der Waals surface area contributed by atoms with E-state index in [2.05, 4.69) is 5.32 Å². The molecule has 3 heteroatoms. The van der Waals surface area contributed by atoms with Crippen LogP contribution in [0.4, 0.5) is 4.39 Å². The molecule has 2 nitrogen and oxygen atoms in total. The second-order valence-electron chi connectivity index (χ2n) is 4.63. The van der Waals surface area contributed by atoms with Crippen LogP contribution in [-0.2, 0) is 10.2 Å². The van der Waals surface area contributed by atoms with E-state index in [0.717, 1.165) is 25.7 Å². The molecule has 0 saturated heterocycles. The Balaban J connectivity index is 2.41. The quantitative estimate of drug-likeness (QED) is 0.857. The van der Waals surface area contributed by atoms with Gasteiger partial charge in [-0.15, -0.1) is 0 Å². The standard InChI is InChI=1S/C14H18FNO/c1-2-16-13(17)14(9-5-6-10-14)11-7-3-4-8-12(11)15/h3-4,7-8H,2,5-6,9-10H2,1H3,(H,16,17). The Morgan fingerprint density at radius 1 is 1.35 bits per heavy atom. The van der Waals surface area contributed by atoms with Crippen LogP contribution in [0.25, 0.3) is 0 Å². The van der Waals surface area contributed by atoms with Crippen molar-refractivity contribution < 1.29 is 9.18 Å². The van der Waals surface area contributed by atoms with Crippen LogP contribution in [0, 0.1) is 5.82 Å². The van der Waals surface area contributed by atoms with E-state index in [1.807, 2.05) is 6.92 Å². The van der Waals surface area contributed by atoms with Crippen molar-refractivity contribution in [2.45, 2.75) is 38.0 Å². The number of rotatable bonds is 3. The number of likely N-dealkylation sites (N-methyl/N-ethyl adjacent to an activating group) is 1. The summed E-state index contributed by atoms with van der Waals surface area (Å²) in [5.41, 5.74) is -0.0788. The molecule has 1 saturated carbocycles. The fourth-order valence-corrected chi connectivity index (χ4v) is 2.78. The summed E-state index contributed by atoms with van der Waals surface area (Å²) in [6.45, 7) is 2.48. The van der Waals surface area contributed by atoms with Gasteiger partial charge >= 0.3 is 0 Å². The van der Waals surface area contributed by atoms with Crippen LogP contribution >= 0.6 is 0 Å². The first-order valence-corrected chi connectivity index (χ1v) is 6.24. The van der Waals surface area contributed by atoms with Crippen molar-refractivity contribution in [3.05, 3.63) is 35.6 Å². The van der Waals surface area contributed by atoms with Crippen LogP contribution in [-0.4, -0.2) is 12.5 Å². The minimum absolute atomic E-state index is 0.0254. The van der Waals surface area contributed by atoms with Crippen molar-refractivity contribution in [3.63, 3.8) is 0 Å². The number of carbonyl (C=O) groups excluding carboxylic acids is 1. The number of hydrogen-bond donors (Lipinski definition) is 1. The van der Waals surface area contributed by atoms with Gasteiger partial charge in [0.05, 0.1) is 5.41 Å². The lowest BCUT2D eigenvalue weighted by Crippen LogP contribution is -2.43. The van der Waals surface area contributed by atoms with Crippen LogP contribution in [0.2, 0.25) is 0 Å². The molecule has 1 N–H and O–H groups in total. The molecule has 0 aliphatic heterocycles. The van der Waals surface area contributed by atoms with Gasteiger partial charge in [0.15, 0.2) is 0 Å². The maximum Gasteiger partial charge on any atom is 0.230 e. The Labute approximate surface area is 101 Å². The number of carbonyl (C=O) groups is 1. The molecule has 1 aliphatic carbocycles. The van der Waals surface area contributed by atoms with Crippen molar-refractivity contribution in [3.8, 4) is 0 Å². The molecule has 17 heavy (non-hydrogen) atoms. The minimum atomic E-state index is -0.638. The number of halogens is 1. The second-order valence-corrected chi connectivity index (χ2v) is 4.63. The molecule has 1 aromatic carbocycles. The summed E-state index contributed by atoms with van der Waals surface area (Å²) in [6, 6.07) is 6.65. The van der Waals surface area contributed by atoms with Gasteiger partial charge in [0.2, 0.25) is 5.91 Å². The van der Waals surface area contributed by atoms with E-state index in [4.69, 9.17) is 0 Å². The van der Waals surface area contributed by atoms with Gasteiger partial charge in [-0.05, 0) is 25.8 Å². The fourth-order valence-electron chi connectivity index (χ4n) is 2.78. The van der Waals surface area contributed by atoms with Gasteiger partial charge in [0.1, 0.15) is 5.82 Å². The largest absolute Gasteiger partial charge is 0.356 e. The van der Waals surface area contributed by atoms with Crippen LogP contribution in [0.5, 0.6) is 0 Å². The molecule has 1 fully saturated rings. The van der Waals surface area contributed by atoms with Gasteiger partial charge in [-0.25, -0.2) is 4.39 Å². The first-order chi connectivity index (χ1) is 8.20. The Morgan fingerprint density at radius 3 is 2.59 bits per heavy atom. The number of amides is 1. The third-order valence-corrected chi connectivity index (χ3v) is 3.62. The normalized spacial score (nSPS) is 18.0. The van der Waals surface area contributed by atoms with Crippen molar-refractivity contribution >= 4 is 5.91 Å². The molecule has 2 rings (SSSR count). The van der Waals surface area contributed by atoms with Crippen LogP contribution in [0.1, 0.15) is 38.2 Å². The van der Waals surface area contributed by atoms with Gasteiger partial charge in [0, 0.05) is 12.1 Å². The van der Waals surface area contributed by atoms with E-state index in [0.29, 0.717) is 12.1 Å². The van der Waals surface area contributed by atoms with E-state index >= 15 is 0 Å². The second kappa shape index (κ2) is 4.86. The van der Waals surface area contributed by atoms with Gasteiger partial charge in [-0.1, -0.05) is 31.0 Å². The number of benzene rings is 1.